The Bertz CT molecular complexity index is 998. The van der Waals surface area contributed by atoms with Gasteiger partial charge in [0.1, 0.15) is 0 Å². The first-order valence-corrected chi connectivity index (χ1v) is 10.6. The average molecular weight is 415 g/mol. The zero-order valence-corrected chi connectivity index (χ0v) is 18.3. The highest BCUT2D eigenvalue weighted by Crippen LogP contribution is 2.38. The van der Waals surface area contributed by atoms with E-state index in [0.29, 0.717) is 11.1 Å². The van der Waals surface area contributed by atoms with E-state index in [0.717, 1.165) is 23.1 Å². The fourth-order valence-corrected chi connectivity index (χ4v) is 4.86. The number of thiazole rings is 1. The van der Waals surface area contributed by atoms with Gasteiger partial charge >= 0.3 is 0 Å². The Morgan fingerprint density at radius 3 is 2.69 bits per heavy atom. The largest absolute Gasteiger partial charge is 0.363 e. The molecule has 29 heavy (non-hydrogen) atoms. The molecular weight excluding hydrogens is 387 g/mol. The first kappa shape index (κ1) is 20.0. The van der Waals surface area contributed by atoms with Gasteiger partial charge in [-0.25, -0.2) is 14.4 Å². The molecule has 1 atom stereocenters. The van der Waals surface area contributed by atoms with E-state index in [1.54, 1.807) is 0 Å². The van der Waals surface area contributed by atoms with Crippen LogP contribution in [-0.2, 0) is 0 Å². The van der Waals surface area contributed by atoms with Crippen LogP contribution in [0.25, 0.3) is 10.2 Å². The second-order valence-electron chi connectivity index (χ2n) is 8.76. The molecule has 1 saturated heterocycles. The van der Waals surface area contributed by atoms with Crippen molar-refractivity contribution in [2.45, 2.75) is 57.7 Å². The lowest BCUT2D eigenvalue weighted by Gasteiger charge is -2.55. The van der Waals surface area contributed by atoms with Gasteiger partial charge in [0.15, 0.2) is 16.8 Å². The highest BCUT2D eigenvalue weighted by atomic mass is 32.1. The molecule has 6 nitrogen and oxygen atoms in total. The molecule has 3 heterocycles. The summed E-state index contributed by atoms with van der Waals surface area (Å²) in [5, 5.41) is 7.13. The van der Waals surface area contributed by atoms with E-state index < -0.39 is 5.82 Å². The number of likely N-dealkylation sites (N-methyl/N-ethyl adjacent to an activating group) is 1. The van der Waals surface area contributed by atoms with E-state index in [1.165, 1.54) is 17.5 Å². The normalized spacial score (nSPS) is 21.2. The summed E-state index contributed by atoms with van der Waals surface area (Å²) >= 11 is 1.51. The number of piperidine rings is 1. The van der Waals surface area contributed by atoms with Crippen LogP contribution in [0.5, 0.6) is 0 Å². The molecular formula is C21H27FN6S. The number of hydrogen-bond acceptors (Lipinski definition) is 7. The number of para-hydroxylation sites is 1. The van der Waals surface area contributed by atoms with E-state index in [2.05, 4.69) is 65.2 Å². The molecule has 1 unspecified atom stereocenters. The van der Waals surface area contributed by atoms with E-state index in [4.69, 9.17) is 0 Å². The summed E-state index contributed by atoms with van der Waals surface area (Å²) in [6, 6.07) is 7.97. The standard InChI is InChI=1S/C21H27FN6S/c1-20(2)11-10-16(21(3,4)28(20)5)25-17-13(22)12-23-18(26-17)27-19-24-14-8-6-7-9-15(14)29-19/h6-9,12,16H,10-11H2,1-5H3,(H2,23,24,25,26,27). The van der Waals surface area contributed by atoms with Crippen molar-refractivity contribution in [1.82, 2.24) is 19.9 Å². The molecule has 0 saturated carbocycles. The van der Waals surface area contributed by atoms with Crippen molar-refractivity contribution < 1.29 is 4.39 Å². The zero-order chi connectivity index (χ0) is 20.8. The minimum atomic E-state index is -0.455. The van der Waals surface area contributed by atoms with Crippen LogP contribution in [0.4, 0.5) is 21.3 Å². The Labute approximate surface area is 174 Å². The molecule has 1 aromatic carbocycles. The minimum absolute atomic E-state index is 0.0697. The zero-order valence-electron chi connectivity index (χ0n) is 17.5. The van der Waals surface area contributed by atoms with E-state index >= 15 is 0 Å². The average Bonchev–Trinajstić information content (AvgIpc) is 3.07. The number of benzene rings is 1. The Morgan fingerprint density at radius 1 is 1.17 bits per heavy atom. The van der Waals surface area contributed by atoms with Gasteiger partial charge in [0.25, 0.3) is 0 Å². The van der Waals surface area contributed by atoms with Gasteiger partial charge in [-0.05, 0) is 59.7 Å². The van der Waals surface area contributed by atoms with Crippen LogP contribution in [0, 0.1) is 5.82 Å². The van der Waals surface area contributed by atoms with Crippen LogP contribution in [0.2, 0.25) is 0 Å². The summed E-state index contributed by atoms with van der Waals surface area (Å²) in [4.78, 5) is 15.4. The van der Waals surface area contributed by atoms with Crippen molar-refractivity contribution >= 4 is 38.5 Å². The van der Waals surface area contributed by atoms with Crippen molar-refractivity contribution in [1.29, 1.82) is 0 Å². The van der Waals surface area contributed by atoms with E-state index in [-0.39, 0.29) is 22.9 Å². The molecule has 4 rings (SSSR count). The molecule has 154 valence electrons. The Balaban J connectivity index is 1.55. The predicted molar refractivity (Wildman–Crippen MR) is 117 cm³/mol. The monoisotopic (exact) mass is 414 g/mol. The summed E-state index contributed by atoms with van der Waals surface area (Å²) in [5.74, 6) is 0.0909. The van der Waals surface area contributed by atoms with Gasteiger partial charge in [0, 0.05) is 17.1 Å². The van der Waals surface area contributed by atoms with Crippen molar-refractivity contribution in [3.8, 4) is 0 Å². The number of aromatic nitrogens is 3. The highest BCUT2D eigenvalue weighted by Gasteiger charge is 2.45. The van der Waals surface area contributed by atoms with Crippen molar-refractivity contribution in [3.63, 3.8) is 0 Å². The van der Waals surface area contributed by atoms with Crippen LogP contribution in [0.15, 0.2) is 30.5 Å². The Morgan fingerprint density at radius 2 is 1.93 bits per heavy atom. The number of nitrogens with zero attached hydrogens (tertiary/aromatic N) is 4. The maximum atomic E-state index is 14.5. The first-order chi connectivity index (χ1) is 13.7. The molecule has 0 spiro atoms. The van der Waals surface area contributed by atoms with Gasteiger partial charge in [-0.3, -0.25) is 10.2 Å². The second-order valence-corrected chi connectivity index (χ2v) is 9.79. The highest BCUT2D eigenvalue weighted by molar-refractivity contribution is 7.22. The molecule has 8 heteroatoms. The topological polar surface area (TPSA) is 66.0 Å². The van der Waals surface area contributed by atoms with E-state index in [9.17, 15) is 4.39 Å². The van der Waals surface area contributed by atoms with Crippen molar-refractivity contribution in [3.05, 3.63) is 36.3 Å². The number of likely N-dealkylation sites (tertiary alicyclic amines) is 1. The molecule has 1 aliphatic rings. The Hall–Kier alpha value is -2.32. The third kappa shape index (κ3) is 3.79. The van der Waals surface area contributed by atoms with Gasteiger partial charge in [-0.2, -0.15) is 4.98 Å². The lowest BCUT2D eigenvalue weighted by molar-refractivity contribution is -0.0111. The molecule has 0 aliphatic carbocycles. The molecule has 3 aromatic rings. The van der Waals surface area contributed by atoms with Crippen LogP contribution < -0.4 is 10.6 Å². The molecule has 1 fully saturated rings. The maximum Gasteiger partial charge on any atom is 0.231 e. The smallest absolute Gasteiger partial charge is 0.231 e. The van der Waals surface area contributed by atoms with Crippen LogP contribution in [0.1, 0.15) is 40.5 Å². The summed E-state index contributed by atoms with van der Waals surface area (Å²) in [6.07, 6.45) is 3.16. The number of anilines is 3. The van der Waals surface area contributed by atoms with Gasteiger partial charge in [0.05, 0.1) is 16.4 Å². The number of rotatable bonds is 4. The lowest BCUT2D eigenvalue weighted by atomic mass is 9.77. The molecule has 0 bridgehead atoms. The quantitative estimate of drug-likeness (QED) is 0.624. The van der Waals surface area contributed by atoms with Crippen LogP contribution in [-0.4, -0.2) is 44.0 Å². The lowest BCUT2D eigenvalue weighted by Crippen LogP contribution is -2.64. The van der Waals surface area contributed by atoms with Gasteiger partial charge in [-0.15, -0.1) is 0 Å². The summed E-state index contributed by atoms with van der Waals surface area (Å²) in [5.41, 5.74) is 0.862. The van der Waals surface area contributed by atoms with Gasteiger partial charge < -0.3 is 5.32 Å². The Kier molecular flexibility index (Phi) is 4.94. The minimum Gasteiger partial charge on any atom is -0.363 e. The molecule has 1 aliphatic heterocycles. The number of nitrogens with one attached hydrogen (secondary N) is 2. The van der Waals surface area contributed by atoms with Crippen molar-refractivity contribution in [2.24, 2.45) is 0 Å². The molecule has 2 aromatic heterocycles. The summed E-state index contributed by atoms with van der Waals surface area (Å²) in [7, 11) is 2.13. The van der Waals surface area contributed by atoms with Crippen molar-refractivity contribution in [2.75, 3.05) is 17.7 Å². The van der Waals surface area contributed by atoms with Crippen LogP contribution >= 0.6 is 11.3 Å². The maximum absolute atomic E-state index is 14.5. The second kappa shape index (κ2) is 7.18. The fraction of sp³-hybridized carbons (Fsp3) is 0.476. The fourth-order valence-electron chi connectivity index (χ4n) is 4.00. The molecule has 0 amide bonds. The SMILES string of the molecule is CN1C(C)(C)CCC(Nc2nc(Nc3nc4ccccc4s3)ncc2F)C1(C)C. The molecule has 0 radical (unpaired) electrons. The summed E-state index contributed by atoms with van der Waals surface area (Å²) < 4.78 is 15.6. The number of fused-ring (bicyclic) bond motifs is 1. The first-order valence-electron chi connectivity index (χ1n) is 9.82. The van der Waals surface area contributed by atoms with E-state index in [1.807, 2.05) is 24.3 Å². The van der Waals surface area contributed by atoms with Gasteiger partial charge in [-0.1, -0.05) is 23.5 Å². The number of hydrogen-bond donors (Lipinski definition) is 2. The number of halogens is 1. The van der Waals surface area contributed by atoms with Crippen LogP contribution in [0.3, 0.4) is 0 Å². The predicted octanol–water partition coefficient (Wildman–Crippen LogP) is 5.03. The third-order valence-electron chi connectivity index (χ3n) is 6.24. The molecule has 2 N–H and O–H groups in total. The third-order valence-corrected chi connectivity index (χ3v) is 7.19. The summed E-state index contributed by atoms with van der Waals surface area (Å²) in [6.45, 7) is 8.86. The van der Waals surface area contributed by atoms with Gasteiger partial charge in [0.2, 0.25) is 5.95 Å².